The van der Waals surface area contributed by atoms with Crippen molar-refractivity contribution >= 4 is 15.9 Å². The summed E-state index contributed by atoms with van der Waals surface area (Å²) in [6.07, 6.45) is 2.25. The van der Waals surface area contributed by atoms with E-state index in [0.717, 1.165) is 18.4 Å². The van der Waals surface area contributed by atoms with Crippen molar-refractivity contribution in [1.82, 2.24) is 5.32 Å². The number of rotatable bonds is 3. The van der Waals surface area contributed by atoms with Gasteiger partial charge in [-0.05, 0) is 57.6 Å². The number of aryl methyl sites for hydroxylation is 1. The zero-order chi connectivity index (χ0) is 13.2. The van der Waals surface area contributed by atoms with Gasteiger partial charge in [-0.2, -0.15) is 0 Å². The van der Waals surface area contributed by atoms with E-state index in [1.165, 1.54) is 11.1 Å². The van der Waals surface area contributed by atoms with Crippen molar-refractivity contribution in [2.45, 2.75) is 25.4 Å². The maximum Gasteiger partial charge on any atom is 0.137 e. The third kappa shape index (κ3) is 2.72. The Hall–Kier alpha value is -1.19. The van der Waals surface area contributed by atoms with E-state index in [4.69, 9.17) is 0 Å². The lowest BCUT2D eigenvalue weighted by atomic mass is 10.1. The van der Waals surface area contributed by atoms with Crippen molar-refractivity contribution in [3.8, 4) is 0 Å². The first-order chi connectivity index (χ1) is 9.24. The molecule has 1 aliphatic rings. The van der Waals surface area contributed by atoms with Crippen LogP contribution in [0, 0.1) is 5.82 Å². The summed E-state index contributed by atoms with van der Waals surface area (Å²) in [6.45, 7) is 0.698. The predicted molar refractivity (Wildman–Crippen MR) is 78.4 cm³/mol. The topological polar surface area (TPSA) is 12.0 Å². The first-order valence-electron chi connectivity index (χ1n) is 6.49. The number of halogens is 2. The Morgan fingerprint density at radius 3 is 2.89 bits per heavy atom. The Labute approximate surface area is 121 Å². The van der Waals surface area contributed by atoms with Crippen LogP contribution in [0.25, 0.3) is 0 Å². The summed E-state index contributed by atoms with van der Waals surface area (Å²) in [6, 6.07) is 14.2. The molecule has 98 valence electrons. The largest absolute Gasteiger partial charge is 0.306 e. The van der Waals surface area contributed by atoms with E-state index in [0.29, 0.717) is 17.1 Å². The molecule has 0 radical (unpaired) electrons. The number of hydrogen-bond donors (Lipinski definition) is 1. The lowest BCUT2D eigenvalue weighted by Gasteiger charge is -2.14. The van der Waals surface area contributed by atoms with Gasteiger partial charge in [0, 0.05) is 12.6 Å². The molecule has 0 heterocycles. The molecule has 0 aliphatic heterocycles. The summed E-state index contributed by atoms with van der Waals surface area (Å²) in [5.41, 5.74) is 3.80. The van der Waals surface area contributed by atoms with Crippen molar-refractivity contribution in [3.05, 3.63) is 69.4 Å². The van der Waals surface area contributed by atoms with Crippen LogP contribution in [0.3, 0.4) is 0 Å². The monoisotopic (exact) mass is 319 g/mol. The highest BCUT2D eigenvalue weighted by Gasteiger charge is 2.20. The second-order valence-corrected chi connectivity index (χ2v) is 5.77. The molecule has 0 aromatic heterocycles. The van der Waals surface area contributed by atoms with Crippen LogP contribution >= 0.6 is 15.9 Å². The third-order valence-electron chi connectivity index (χ3n) is 3.67. The zero-order valence-corrected chi connectivity index (χ0v) is 12.1. The van der Waals surface area contributed by atoms with Gasteiger partial charge in [0.2, 0.25) is 0 Å². The van der Waals surface area contributed by atoms with Gasteiger partial charge in [0.1, 0.15) is 5.82 Å². The van der Waals surface area contributed by atoms with Gasteiger partial charge in [0.05, 0.1) is 4.47 Å². The first-order valence-corrected chi connectivity index (χ1v) is 7.28. The molecule has 1 N–H and O–H groups in total. The molecule has 19 heavy (non-hydrogen) atoms. The van der Waals surface area contributed by atoms with E-state index in [1.54, 1.807) is 12.1 Å². The molecule has 0 spiro atoms. The maximum atomic E-state index is 13.4. The minimum atomic E-state index is -0.203. The molecule has 0 bridgehead atoms. The van der Waals surface area contributed by atoms with Crippen LogP contribution in [0.4, 0.5) is 4.39 Å². The van der Waals surface area contributed by atoms with Crippen LogP contribution in [0.2, 0.25) is 0 Å². The molecule has 1 unspecified atom stereocenters. The van der Waals surface area contributed by atoms with Crippen LogP contribution in [0.1, 0.15) is 29.2 Å². The van der Waals surface area contributed by atoms with Gasteiger partial charge in [-0.3, -0.25) is 0 Å². The average Bonchev–Trinajstić information content (AvgIpc) is 2.83. The molecule has 0 saturated heterocycles. The fourth-order valence-corrected chi connectivity index (χ4v) is 2.91. The maximum absolute atomic E-state index is 13.4. The van der Waals surface area contributed by atoms with E-state index < -0.39 is 0 Å². The minimum Gasteiger partial charge on any atom is -0.306 e. The van der Waals surface area contributed by atoms with Crippen LogP contribution in [-0.2, 0) is 13.0 Å². The highest BCUT2D eigenvalue weighted by Crippen LogP contribution is 2.31. The van der Waals surface area contributed by atoms with E-state index in [9.17, 15) is 4.39 Å². The molecule has 3 heteroatoms. The summed E-state index contributed by atoms with van der Waals surface area (Å²) in [5, 5.41) is 3.52. The van der Waals surface area contributed by atoms with Gasteiger partial charge in [-0.25, -0.2) is 4.39 Å². The highest BCUT2D eigenvalue weighted by atomic mass is 79.9. The molecular formula is C16H15BrFN. The molecule has 0 saturated carbocycles. The van der Waals surface area contributed by atoms with Gasteiger partial charge < -0.3 is 5.32 Å². The van der Waals surface area contributed by atoms with Gasteiger partial charge in [-0.15, -0.1) is 0 Å². The quantitative estimate of drug-likeness (QED) is 0.886. The molecule has 0 fully saturated rings. The number of fused-ring (bicyclic) bond motifs is 1. The fourth-order valence-electron chi connectivity index (χ4n) is 2.66. The molecule has 2 aromatic rings. The Morgan fingerprint density at radius 2 is 2.05 bits per heavy atom. The van der Waals surface area contributed by atoms with Crippen molar-refractivity contribution in [3.63, 3.8) is 0 Å². The van der Waals surface area contributed by atoms with Crippen molar-refractivity contribution in [1.29, 1.82) is 0 Å². The molecule has 2 aromatic carbocycles. The molecule has 3 rings (SSSR count). The summed E-state index contributed by atoms with van der Waals surface area (Å²) < 4.78 is 14.0. The van der Waals surface area contributed by atoms with Gasteiger partial charge >= 0.3 is 0 Å². The normalized spacial score (nSPS) is 17.5. The predicted octanol–water partition coefficient (Wildman–Crippen LogP) is 4.37. The Kier molecular flexibility index (Phi) is 3.67. The van der Waals surface area contributed by atoms with Crippen LogP contribution in [0.5, 0.6) is 0 Å². The molecule has 0 amide bonds. The molecule has 1 aliphatic carbocycles. The van der Waals surface area contributed by atoms with Gasteiger partial charge in [0.15, 0.2) is 0 Å². The van der Waals surface area contributed by atoms with Crippen molar-refractivity contribution in [2.24, 2.45) is 0 Å². The lowest BCUT2D eigenvalue weighted by Crippen LogP contribution is -2.18. The van der Waals surface area contributed by atoms with Crippen LogP contribution in [-0.4, -0.2) is 0 Å². The number of hydrogen-bond acceptors (Lipinski definition) is 1. The SMILES string of the molecule is Fc1cc(CNC2CCc3ccccc32)ccc1Br. The summed E-state index contributed by atoms with van der Waals surface area (Å²) in [7, 11) is 0. The first kappa shape index (κ1) is 12.8. The highest BCUT2D eigenvalue weighted by molar-refractivity contribution is 9.10. The van der Waals surface area contributed by atoms with E-state index in [1.807, 2.05) is 6.07 Å². The average molecular weight is 320 g/mol. The Bertz CT molecular complexity index is 597. The Morgan fingerprint density at radius 1 is 1.21 bits per heavy atom. The molecule has 1 atom stereocenters. The van der Waals surface area contributed by atoms with Gasteiger partial charge in [0.25, 0.3) is 0 Å². The number of benzene rings is 2. The smallest absolute Gasteiger partial charge is 0.137 e. The van der Waals surface area contributed by atoms with E-state index in [2.05, 4.69) is 45.5 Å². The van der Waals surface area contributed by atoms with Crippen LogP contribution < -0.4 is 5.32 Å². The summed E-state index contributed by atoms with van der Waals surface area (Å²) in [4.78, 5) is 0. The van der Waals surface area contributed by atoms with Crippen molar-refractivity contribution < 1.29 is 4.39 Å². The second-order valence-electron chi connectivity index (χ2n) is 4.92. The number of nitrogens with one attached hydrogen (secondary N) is 1. The molecule has 1 nitrogen and oxygen atoms in total. The molecular weight excluding hydrogens is 305 g/mol. The summed E-state index contributed by atoms with van der Waals surface area (Å²) in [5.74, 6) is -0.203. The lowest BCUT2D eigenvalue weighted by molar-refractivity contribution is 0.528. The third-order valence-corrected chi connectivity index (χ3v) is 4.31. The van der Waals surface area contributed by atoms with Crippen molar-refractivity contribution in [2.75, 3.05) is 0 Å². The van der Waals surface area contributed by atoms with E-state index in [-0.39, 0.29) is 5.82 Å². The summed E-state index contributed by atoms with van der Waals surface area (Å²) >= 11 is 3.17. The zero-order valence-electron chi connectivity index (χ0n) is 10.5. The Balaban J connectivity index is 1.69. The second kappa shape index (κ2) is 5.43. The van der Waals surface area contributed by atoms with Crippen LogP contribution in [0.15, 0.2) is 46.9 Å². The van der Waals surface area contributed by atoms with Gasteiger partial charge in [-0.1, -0.05) is 30.3 Å². The fraction of sp³-hybridized carbons (Fsp3) is 0.250. The minimum absolute atomic E-state index is 0.203. The standard InChI is InChI=1S/C16H15BrFN/c17-14-7-5-11(9-15(14)18)10-19-16-8-6-12-3-1-2-4-13(12)16/h1-5,7,9,16,19H,6,8,10H2. The van der Waals surface area contributed by atoms with E-state index >= 15 is 0 Å².